The minimum atomic E-state index is -2.13. The molecule has 0 aliphatic heterocycles. The van der Waals surface area contributed by atoms with Crippen LogP contribution in [0.5, 0.6) is 28.7 Å². The average Bonchev–Trinajstić information content (AvgIpc) is 2.95. The van der Waals surface area contributed by atoms with Crippen molar-refractivity contribution in [3.05, 3.63) is 47.0 Å². The van der Waals surface area contributed by atoms with Gasteiger partial charge in [0, 0.05) is 12.0 Å². The number of hydrogen-bond donors (Lipinski definition) is 0. The molecule has 1 aliphatic rings. The van der Waals surface area contributed by atoms with Crippen molar-refractivity contribution in [2.45, 2.75) is 51.7 Å². The van der Waals surface area contributed by atoms with Crippen molar-refractivity contribution >= 4 is 19.7 Å². The van der Waals surface area contributed by atoms with Gasteiger partial charge in [0.25, 0.3) is 8.32 Å². The molecule has 0 aromatic heterocycles. The molecule has 2 aromatic rings. The van der Waals surface area contributed by atoms with Crippen LogP contribution < -0.4 is 23.4 Å². The Morgan fingerprint density at radius 2 is 1.44 bits per heavy atom. The van der Waals surface area contributed by atoms with Crippen molar-refractivity contribution in [3.63, 3.8) is 0 Å². The predicted molar refractivity (Wildman–Crippen MR) is 137 cm³/mol. The van der Waals surface area contributed by atoms with E-state index in [9.17, 15) is 4.79 Å². The second kappa shape index (κ2) is 9.74. The van der Waals surface area contributed by atoms with Gasteiger partial charge in [0.1, 0.15) is 5.75 Å². The number of carbonyl (C=O) groups is 1. The highest BCUT2D eigenvalue weighted by atomic mass is 28.4. The van der Waals surface area contributed by atoms with Gasteiger partial charge in [-0.25, -0.2) is 0 Å². The maximum absolute atomic E-state index is 12.8. The quantitative estimate of drug-likeness (QED) is 0.446. The van der Waals surface area contributed by atoms with Gasteiger partial charge in [0.2, 0.25) is 5.75 Å². The fourth-order valence-corrected chi connectivity index (χ4v) is 4.86. The Bertz CT molecular complexity index is 1110. The lowest BCUT2D eigenvalue weighted by Crippen LogP contribution is -2.43. The highest BCUT2D eigenvalue weighted by Crippen LogP contribution is 2.48. The maximum atomic E-state index is 12.8. The molecule has 34 heavy (non-hydrogen) atoms. The molecule has 0 unspecified atom stereocenters. The lowest BCUT2D eigenvalue weighted by atomic mass is 9.92. The molecule has 3 rings (SSSR count). The normalized spacial score (nSPS) is 14.0. The summed E-state index contributed by atoms with van der Waals surface area (Å²) in [6.45, 7) is 11.0. The van der Waals surface area contributed by atoms with Crippen LogP contribution >= 0.6 is 0 Å². The van der Waals surface area contributed by atoms with E-state index in [1.807, 2.05) is 24.3 Å². The van der Waals surface area contributed by atoms with Crippen LogP contribution in [0.15, 0.2) is 30.3 Å². The average molecular weight is 485 g/mol. The monoisotopic (exact) mass is 484 g/mol. The minimum absolute atomic E-state index is 0.0192. The van der Waals surface area contributed by atoms with E-state index in [1.165, 1.54) is 0 Å². The summed E-state index contributed by atoms with van der Waals surface area (Å²) in [4.78, 5) is 12.8. The number of carbonyl (C=O) groups excluding carboxylic acids is 1. The van der Waals surface area contributed by atoms with Gasteiger partial charge in [-0.15, -0.1) is 0 Å². The largest absolute Gasteiger partial charge is 0.541 e. The zero-order valence-electron chi connectivity index (χ0n) is 21.8. The number of aryl methyl sites for hydroxylation is 1. The van der Waals surface area contributed by atoms with E-state index in [4.69, 9.17) is 23.4 Å². The van der Waals surface area contributed by atoms with E-state index < -0.39 is 8.32 Å². The first-order chi connectivity index (χ1) is 16.0. The van der Waals surface area contributed by atoms with E-state index in [0.717, 1.165) is 22.3 Å². The van der Waals surface area contributed by atoms with Crippen molar-refractivity contribution in [3.8, 4) is 28.7 Å². The van der Waals surface area contributed by atoms with Gasteiger partial charge in [-0.1, -0.05) is 26.8 Å². The SMILES string of the molecule is COc1ccc(C2=CC(=O)CCc3cc(OC)c(OC)c(OC)c32)cc1O[Si](C)(C)C(C)(C)C. The third-order valence-corrected chi connectivity index (χ3v) is 11.1. The summed E-state index contributed by atoms with van der Waals surface area (Å²) < 4.78 is 29.3. The third kappa shape index (κ3) is 4.80. The zero-order chi connectivity index (χ0) is 25.3. The van der Waals surface area contributed by atoms with Crippen molar-refractivity contribution < 1.29 is 28.2 Å². The molecule has 0 atom stereocenters. The first-order valence-corrected chi connectivity index (χ1v) is 14.3. The third-order valence-electron chi connectivity index (χ3n) is 6.77. The first kappa shape index (κ1) is 25.7. The summed E-state index contributed by atoms with van der Waals surface area (Å²) in [5.74, 6) is 2.99. The summed E-state index contributed by atoms with van der Waals surface area (Å²) in [6, 6.07) is 7.73. The number of fused-ring (bicyclic) bond motifs is 1. The number of ketones is 1. The summed E-state index contributed by atoms with van der Waals surface area (Å²) in [6.07, 6.45) is 2.67. The molecular weight excluding hydrogens is 448 g/mol. The van der Waals surface area contributed by atoms with Crippen LogP contribution in [0.25, 0.3) is 5.57 Å². The Kier molecular flexibility index (Phi) is 7.36. The van der Waals surface area contributed by atoms with E-state index in [-0.39, 0.29) is 10.8 Å². The maximum Gasteiger partial charge on any atom is 0.250 e. The van der Waals surface area contributed by atoms with Crippen LogP contribution in [0.3, 0.4) is 0 Å². The number of rotatable bonds is 7. The minimum Gasteiger partial charge on any atom is -0.541 e. The highest BCUT2D eigenvalue weighted by Gasteiger charge is 2.39. The molecule has 0 N–H and O–H groups in total. The van der Waals surface area contributed by atoms with Gasteiger partial charge in [-0.05, 0) is 65.5 Å². The van der Waals surface area contributed by atoms with Crippen molar-refractivity contribution in [2.75, 3.05) is 28.4 Å². The van der Waals surface area contributed by atoms with Crippen LogP contribution in [0.2, 0.25) is 18.1 Å². The standard InChI is InChI=1S/C27H36O6Si/c1-27(2,3)34(8,9)33-22-14-17(11-13-21(22)29-4)20-16-19(28)12-10-18-15-23(30-5)25(31-6)26(32-7)24(18)20/h11,13-16H,10,12H2,1-9H3. The lowest BCUT2D eigenvalue weighted by Gasteiger charge is -2.37. The molecule has 184 valence electrons. The molecule has 1 aliphatic carbocycles. The molecular formula is C27H36O6Si. The second-order valence-corrected chi connectivity index (χ2v) is 14.7. The van der Waals surface area contributed by atoms with E-state index in [0.29, 0.717) is 41.6 Å². The van der Waals surface area contributed by atoms with E-state index in [2.05, 4.69) is 33.9 Å². The Balaban J connectivity index is 2.25. The molecule has 0 saturated carbocycles. The van der Waals surface area contributed by atoms with Crippen LogP contribution in [-0.4, -0.2) is 42.5 Å². The van der Waals surface area contributed by atoms with Crippen molar-refractivity contribution in [1.29, 1.82) is 0 Å². The van der Waals surface area contributed by atoms with E-state index >= 15 is 0 Å². The summed E-state index contributed by atoms with van der Waals surface area (Å²) in [5.41, 5.74) is 3.40. The Morgan fingerprint density at radius 1 is 0.794 bits per heavy atom. The molecule has 0 amide bonds. The Labute approximate surface area is 204 Å². The summed E-state index contributed by atoms with van der Waals surface area (Å²) in [5, 5.41) is 0.0192. The molecule has 7 heteroatoms. The van der Waals surface area contributed by atoms with Gasteiger partial charge >= 0.3 is 0 Å². The molecule has 6 nitrogen and oxygen atoms in total. The first-order valence-electron chi connectivity index (χ1n) is 11.4. The number of benzene rings is 2. The fraction of sp³-hybridized carbons (Fsp3) is 0.444. The zero-order valence-corrected chi connectivity index (χ0v) is 22.8. The number of hydrogen-bond acceptors (Lipinski definition) is 6. The van der Waals surface area contributed by atoms with Crippen LogP contribution in [0.4, 0.5) is 0 Å². The number of allylic oxidation sites excluding steroid dienone is 1. The van der Waals surface area contributed by atoms with Crippen LogP contribution in [0, 0.1) is 0 Å². The van der Waals surface area contributed by atoms with Crippen molar-refractivity contribution in [1.82, 2.24) is 0 Å². The topological polar surface area (TPSA) is 63.2 Å². The smallest absolute Gasteiger partial charge is 0.250 e. The fourth-order valence-electron chi connectivity index (χ4n) is 3.84. The molecule has 0 saturated heterocycles. The molecule has 0 bridgehead atoms. The summed E-state index contributed by atoms with van der Waals surface area (Å²) >= 11 is 0. The van der Waals surface area contributed by atoms with Crippen LogP contribution in [-0.2, 0) is 11.2 Å². The number of methoxy groups -OCH3 is 4. The van der Waals surface area contributed by atoms with E-state index in [1.54, 1.807) is 34.5 Å². The molecule has 0 fully saturated rings. The molecule has 0 radical (unpaired) electrons. The molecule has 0 spiro atoms. The Hall–Kier alpha value is -2.93. The van der Waals surface area contributed by atoms with Gasteiger partial charge in [0.15, 0.2) is 23.0 Å². The predicted octanol–water partition coefficient (Wildman–Crippen LogP) is 6.05. The summed E-state index contributed by atoms with van der Waals surface area (Å²) in [7, 11) is 4.28. The van der Waals surface area contributed by atoms with Gasteiger partial charge in [-0.2, -0.15) is 0 Å². The molecule has 2 aromatic carbocycles. The van der Waals surface area contributed by atoms with Crippen LogP contribution in [0.1, 0.15) is 43.9 Å². The highest BCUT2D eigenvalue weighted by molar-refractivity contribution is 6.74. The van der Waals surface area contributed by atoms with Crippen molar-refractivity contribution in [2.24, 2.45) is 0 Å². The molecule has 0 heterocycles. The van der Waals surface area contributed by atoms with Gasteiger partial charge in [0.05, 0.1) is 28.4 Å². The van der Waals surface area contributed by atoms with Gasteiger partial charge in [-0.3, -0.25) is 4.79 Å². The Morgan fingerprint density at radius 3 is 2.00 bits per heavy atom. The number of ether oxygens (including phenoxy) is 4. The lowest BCUT2D eigenvalue weighted by molar-refractivity contribution is -0.114. The van der Waals surface area contributed by atoms with Gasteiger partial charge < -0.3 is 23.4 Å². The second-order valence-electron chi connectivity index (χ2n) is 9.93.